The van der Waals surface area contributed by atoms with Gasteiger partial charge in [-0.15, -0.1) is 0 Å². The number of nitrogens with zero attached hydrogens (tertiary/aromatic N) is 2. The first-order chi connectivity index (χ1) is 9.67. The van der Waals surface area contributed by atoms with Crippen LogP contribution in [0.1, 0.15) is 56.2 Å². The van der Waals surface area contributed by atoms with Crippen LogP contribution < -0.4 is 4.72 Å². The van der Waals surface area contributed by atoms with Crippen LogP contribution >= 0.6 is 0 Å². The van der Waals surface area contributed by atoms with E-state index in [0.29, 0.717) is 6.54 Å². The largest absolute Gasteiger partial charge is 0.269 e. The molecule has 20 heavy (non-hydrogen) atoms. The fourth-order valence-corrected chi connectivity index (χ4v) is 4.85. The Labute approximate surface area is 120 Å². The van der Waals surface area contributed by atoms with E-state index in [1.54, 1.807) is 0 Å². The normalized spacial score (nSPS) is 20.8. The van der Waals surface area contributed by atoms with Gasteiger partial charge in [-0.1, -0.05) is 19.3 Å². The summed E-state index contributed by atoms with van der Waals surface area (Å²) in [5, 5.41) is 4.16. The number of aromatic nitrogens is 2. The highest BCUT2D eigenvalue weighted by Gasteiger charge is 2.27. The van der Waals surface area contributed by atoms with Crippen LogP contribution in [0, 0.1) is 0 Å². The van der Waals surface area contributed by atoms with Gasteiger partial charge in [0.2, 0.25) is 10.0 Å². The lowest BCUT2D eigenvalue weighted by Crippen LogP contribution is -2.35. The molecule has 6 heteroatoms. The van der Waals surface area contributed by atoms with Crippen LogP contribution in [0.5, 0.6) is 0 Å². The van der Waals surface area contributed by atoms with Crippen molar-refractivity contribution in [2.24, 2.45) is 0 Å². The number of sulfonamides is 1. The van der Waals surface area contributed by atoms with E-state index in [1.807, 2.05) is 10.9 Å². The summed E-state index contributed by atoms with van der Waals surface area (Å²) in [6.45, 7) is 1.36. The third-order valence-electron chi connectivity index (χ3n) is 4.52. The topological polar surface area (TPSA) is 64.0 Å². The van der Waals surface area contributed by atoms with Gasteiger partial charge in [0, 0.05) is 24.3 Å². The first-order valence-corrected chi connectivity index (χ1v) is 9.23. The number of aryl methyl sites for hydroxylation is 1. The minimum Gasteiger partial charge on any atom is -0.269 e. The number of rotatable bonds is 4. The summed E-state index contributed by atoms with van der Waals surface area (Å²) in [5.41, 5.74) is 2.26. The third kappa shape index (κ3) is 2.91. The molecule has 1 aliphatic carbocycles. The quantitative estimate of drug-likeness (QED) is 0.924. The Hall–Kier alpha value is -0.880. The highest BCUT2D eigenvalue weighted by molar-refractivity contribution is 7.90. The zero-order valence-electron chi connectivity index (χ0n) is 11.8. The predicted molar refractivity (Wildman–Crippen MR) is 77.8 cm³/mol. The molecule has 0 bridgehead atoms. The first-order valence-electron chi connectivity index (χ1n) is 7.69. The van der Waals surface area contributed by atoms with Crippen LogP contribution in [-0.4, -0.2) is 23.4 Å². The smallest absolute Gasteiger partial charge is 0.214 e. The number of nitrogens with one attached hydrogen (secondary N) is 1. The van der Waals surface area contributed by atoms with E-state index in [2.05, 4.69) is 9.82 Å². The molecule has 0 aromatic carbocycles. The van der Waals surface area contributed by atoms with E-state index in [1.165, 1.54) is 25.0 Å². The lowest BCUT2D eigenvalue weighted by Gasteiger charge is -2.22. The van der Waals surface area contributed by atoms with Gasteiger partial charge in [-0.3, -0.25) is 4.68 Å². The van der Waals surface area contributed by atoms with E-state index in [9.17, 15) is 8.42 Å². The molecule has 1 fully saturated rings. The van der Waals surface area contributed by atoms with Crippen molar-refractivity contribution in [1.29, 1.82) is 0 Å². The summed E-state index contributed by atoms with van der Waals surface area (Å²) >= 11 is 0. The summed E-state index contributed by atoms with van der Waals surface area (Å²) in [5.74, 6) is 0. The van der Waals surface area contributed by atoms with E-state index in [0.717, 1.165) is 44.2 Å². The number of hydrogen-bond acceptors (Lipinski definition) is 3. The van der Waals surface area contributed by atoms with Gasteiger partial charge in [-0.2, -0.15) is 5.10 Å². The fourth-order valence-electron chi connectivity index (χ4n) is 3.30. The molecular formula is C14H23N3O2S. The highest BCUT2D eigenvalue weighted by atomic mass is 32.2. The summed E-state index contributed by atoms with van der Waals surface area (Å²) in [6, 6.07) is 0. The van der Waals surface area contributed by atoms with Crippen molar-refractivity contribution in [3.63, 3.8) is 0 Å². The van der Waals surface area contributed by atoms with Gasteiger partial charge in [-0.05, 0) is 32.1 Å². The van der Waals surface area contributed by atoms with Crippen LogP contribution in [0.4, 0.5) is 0 Å². The van der Waals surface area contributed by atoms with E-state index in [4.69, 9.17) is 0 Å². The van der Waals surface area contributed by atoms with Gasteiger partial charge in [-0.25, -0.2) is 13.1 Å². The molecule has 0 atom stereocenters. The van der Waals surface area contributed by atoms with Gasteiger partial charge < -0.3 is 0 Å². The second-order valence-corrected chi connectivity index (χ2v) is 7.97. The van der Waals surface area contributed by atoms with Gasteiger partial charge in [0.1, 0.15) is 0 Å². The van der Waals surface area contributed by atoms with E-state index < -0.39 is 10.0 Å². The Morgan fingerprint density at radius 1 is 1.20 bits per heavy atom. The molecule has 0 amide bonds. The Bertz CT molecular complexity index is 559. The molecule has 0 saturated heterocycles. The van der Waals surface area contributed by atoms with Gasteiger partial charge in [0.05, 0.1) is 11.4 Å². The predicted octanol–water partition coefficient (Wildman–Crippen LogP) is 1.97. The SMILES string of the molecule is O=S(=O)(NCc1cnn2c1CCCC2)C1CCCCC1. The van der Waals surface area contributed by atoms with Crippen LogP contribution in [0.2, 0.25) is 0 Å². The zero-order valence-corrected chi connectivity index (χ0v) is 12.7. The van der Waals surface area contributed by atoms with Crippen molar-refractivity contribution < 1.29 is 8.42 Å². The Morgan fingerprint density at radius 3 is 2.80 bits per heavy atom. The van der Waals surface area contributed by atoms with Crippen molar-refractivity contribution in [2.75, 3.05) is 0 Å². The zero-order chi connectivity index (χ0) is 14.0. The summed E-state index contributed by atoms with van der Waals surface area (Å²) in [6.07, 6.45) is 10.0. The van der Waals surface area contributed by atoms with Crippen molar-refractivity contribution in [3.05, 3.63) is 17.5 Å². The third-order valence-corrected chi connectivity index (χ3v) is 6.42. The van der Waals surface area contributed by atoms with Crippen molar-refractivity contribution in [2.45, 2.75) is 69.7 Å². The van der Waals surface area contributed by atoms with E-state index in [-0.39, 0.29) is 5.25 Å². The maximum absolute atomic E-state index is 12.3. The summed E-state index contributed by atoms with van der Waals surface area (Å²) in [4.78, 5) is 0. The van der Waals surface area contributed by atoms with Crippen LogP contribution in [-0.2, 0) is 29.5 Å². The van der Waals surface area contributed by atoms with E-state index >= 15 is 0 Å². The Kier molecular flexibility index (Phi) is 4.12. The van der Waals surface area contributed by atoms with Crippen molar-refractivity contribution in [1.82, 2.24) is 14.5 Å². The molecule has 2 heterocycles. The second kappa shape index (κ2) is 5.85. The molecule has 112 valence electrons. The summed E-state index contributed by atoms with van der Waals surface area (Å²) in [7, 11) is -3.17. The maximum Gasteiger partial charge on any atom is 0.214 e. The maximum atomic E-state index is 12.3. The molecule has 1 saturated carbocycles. The first kappa shape index (κ1) is 14.1. The lowest BCUT2D eigenvalue weighted by molar-refractivity contribution is 0.475. The van der Waals surface area contributed by atoms with Crippen LogP contribution in [0.15, 0.2) is 6.20 Å². The molecule has 1 aromatic heterocycles. The molecule has 0 radical (unpaired) electrons. The molecule has 2 aliphatic rings. The molecule has 1 N–H and O–H groups in total. The highest BCUT2D eigenvalue weighted by Crippen LogP contribution is 2.24. The average Bonchev–Trinajstić information content (AvgIpc) is 2.89. The number of fused-ring (bicyclic) bond motifs is 1. The lowest BCUT2D eigenvalue weighted by atomic mass is 10.0. The Morgan fingerprint density at radius 2 is 2.00 bits per heavy atom. The molecule has 1 aliphatic heterocycles. The van der Waals surface area contributed by atoms with Crippen LogP contribution in [0.3, 0.4) is 0 Å². The molecule has 0 spiro atoms. The van der Waals surface area contributed by atoms with Gasteiger partial charge in [0.15, 0.2) is 0 Å². The molecular weight excluding hydrogens is 274 g/mol. The van der Waals surface area contributed by atoms with Crippen LogP contribution in [0.25, 0.3) is 0 Å². The monoisotopic (exact) mass is 297 g/mol. The standard InChI is InChI=1S/C14H23N3O2S/c18-20(19,13-6-2-1-3-7-13)16-11-12-10-15-17-9-5-4-8-14(12)17/h10,13,16H,1-9,11H2. The minimum absolute atomic E-state index is 0.192. The molecule has 1 aromatic rings. The molecule has 5 nitrogen and oxygen atoms in total. The Balaban J connectivity index is 1.65. The fraction of sp³-hybridized carbons (Fsp3) is 0.786. The minimum atomic E-state index is -3.17. The van der Waals surface area contributed by atoms with Crippen molar-refractivity contribution in [3.8, 4) is 0 Å². The second-order valence-electron chi connectivity index (χ2n) is 5.92. The number of hydrogen-bond donors (Lipinski definition) is 1. The summed E-state index contributed by atoms with van der Waals surface area (Å²) < 4.78 is 29.4. The van der Waals surface area contributed by atoms with Gasteiger partial charge in [0.25, 0.3) is 0 Å². The van der Waals surface area contributed by atoms with Crippen molar-refractivity contribution >= 4 is 10.0 Å². The van der Waals surface area contributed by atoms with Gasteiger partial charge >= 0.3 is 0 Å². The average molecular weight is 297 g/mol. The molecule has 3 rings (SSSR count). The molecule has 0 unspecified atom stereocenters.